The second-order valence-corrected chi connectivity index (χ2v) is 16.5. The molecule has 0 saturated heterocycles. The third-order valence-electron chi connectivity index (χ3n) is 11.8. The molecule has 0 aromatic carbocycles. The van der Waals surface area contributed by atoms with Crippen molar-refractivity contribution in [1.29, 1.82) is 0 Å². The molecule has 1 heterocycles. The molecule has 2 amide bonds. The Balaban J connectivity index is 1.29. The Hall–Kier alpha value is -3.30. The summed E-state index contributed by atoms with van der Waals surface area (Å²) in [7, 11) is 0. The summed E-state index contributed by atoms with van der Waals surface area (Å²) >= 11 is 0. The van der Waals surface area contributed by atoms with Gasteiger partial charge in [-0.15, -0.1) is 0 Å². The molecule has 5 rings (SSSR count). The van der Waals surface area contributed by atoms with Crippen LogP contribution in [0.5, 0.6) is 0 Å². The number of nitrogens with one attached hydrogen (secondary N) is 2. The molecule has 10 heteroatoms. The minimum atomic E-state index is -0.736. The van der Waals surface area contributed by atoms with Crippen LogP contribution in [0.2, 0.25) is 0 Å². The summed E-state index contributed by atoms with van der Waals surface area (Å²) < 4.78 is 0. The molecule has 1 unspecified atom stereocenters. The second-order valence-electron chi connectivity index (χ2n) is 16.5. The number of hydrogen-bond donors (Lipinski definition) is 2. The van der Waals surface area contributed by atoms with Crippen LogP contribution in [-0.4, -0.2) is 57.0 Å². The maximum atomic E-state index is 14.2. The summed E-state index contributed by atoms with van der Waals surface area (Å²) in [4.78, 5) is 89.5. The molecule has 1 aromatic heterocycles. The first-order chi connectivity index (χ1) is 23.4. The molecule has 4 saturated carbocycles. The average Bonchev–Trinajstić information content (AvgIpc) is 3.66. The molecule has 2 bridgehead atoms. The average molecular weight is 677 g/mol. The fraction of sp³-hybridized carbons (Fsp3) is 0.744. The Morgan fingerprint density at radius 2 is 1.61 bits per heavy atom. The number of Topliss-reactive ketones (excluding diaryl/α,β-unsaturated/α-hetero) is 4. The second kappa shape index (κ2) is 16.2. The molecule has 0 spiro atoms. The van der Waals surface area contributed by atoms with Gasteiger partial charge < -0.3 is 10.6 Å². The molecule has 0 radical (unpaired) electrons. The van der Waals surface area contributed by atoms with Gasteiger partial charge in [-0.2, -0.15) is 0 Å². The largest absolute Gasteiger partial charge is 0.352 e. The first-order valence-corrected chi connectivity index (χ1v) is 18.9. The number of aromatic nitrogens is 2. The number of rotatable bonds is 17. The maximum Gasteiger partial charge on any atom is 0.272 e. The van der Waals surface area contributed by atoms with E-state index in [2.05, 4.69) is 20.6 Å². The van der Waals surface area contributed by atoms with E-state index in [1.165, 1.54) is 18.6 Å². The Labute approximate surface area is 291 Å². The molecule has 0 aliphatic heterocycles. The standard InChI is InChI=1S/C39H56N4O6/c1-5-9-27(36(47)32(46)18-23-12-13-23)20-30(44)33-25-14-15-26(19-25)35(33)43-37(48)28(39(2,3)4)21-31(45)34(24-10-7-6-8-11-24)42-38(49)29-22-40-16-17-41-29/h16-17,22-28,33-35H,5-15,18-21H2,1-4H3,(H,42,49)(H,43,48)/t25-,26+,27?,28+,33-,34-,35-/m0/s1. The maximum absolute atomic E-state index is 14.2. The van der Waals surface area contributed by atoms with Crippen LogP contribution in [-0.2, 0) is 24.0 Å². The SMILES string of the molecule is CCCC(CC(=O)[C@@H]1[C@H]2CC[C@H](C2)[C@@H]1NC(=O)[C@@H](CC(=O)[C@@H](NC(=O)c1cnccn1)C1CCCCC1)C(C)(C)C)C(=O)C(=O)CC1CC1. The zero-order valence-corrected chi connectivity index (χ0v) is 29.9. The predicted molar refractivity (Wildman–Crippen MR) is 184 cm³/mol. The van der Waals surface area contributed by atoms with Gasteiger partial charge in [-0.3, -0.25) is 33.8 Å². The minimum Gasteiger partial charge on any atom is -0.352 e. The third-order valence-corrected chi connectivity index (χ3v) is 11.8. The van der Waals surface area contributed by atoms with Crippen molar-refractivity contribution in [3.05, 3.63) is 24.3 Å². The van der Waals surface area contributed by atoms with E-state index in [0.717, 1.165) is 64.2 Å². The van der Waals surface area contributed by atoms with E-state index >= 15 is 0 Å². The van der Waals surface area contributed by atoms with Gasteiger partial charge in [-0.05, 0) is 80.5 Å². The fourth-order valence-electron chi connectivity index (χ4n) is 8.87. The van der Waals surface area contributed by atoms with Gasteiger partial charge in [-0.25, -0.2) is 4.98 Å². The molecule has 10 nitrogen and oxygen atoms in total. The molecule has 4 fully saturated rings. The van der Waals surface area contributed by atoms with E-state index in [4.69, 9.17) is 0 Å². The highest BCUT2D eigenvalue weighted by atomic mass is 16.2. The molecule has 2 N–H and O–H groups in total. The van der Waals surface area contributed by atoms with Crippen LogP contribution in [0.15, 0.2) is 18.6 Å². The fourth-order valence-corrected chi connectivity index (χ4v) is 8.87. The van der Waals surface area contributed by atoms with Crippen LogP contribution < -0.4 is 10.6 Å². The molecule has 4 aliphatic carbocycles. The third kappa shape index (κ3) is 9.28. The number of nitrogens with zero attached hydrogens (tertiary/aromatic N) is 2. The van der Waals surface area contributed by atoms with Crippen molar-refractivity contribution in [2.45, 2.75) is 136 Å². The van der Waals surface area contributed by atoms with Crippen LogP contribution in [0.4, 0.5) is 0 Å². The molecule has 4 aliphatic rings. The van der Waals surface area contributed by atoms with Crippen molar-refractivity contribution in [2.24, 2.45) is 46.8 Å². The number of fused-ring (bicyclic) bond motifs is 2. The summed E-state index contributed by atoms with van der Waals surface area (Å²) in [5.41, 5.74) is -0.424. The molecule has 1 aromatic rings. The highest BCUT2D eigenvalue weighted by molar-refractivity contribution is 6.38. The van der Waals surface area contributed by atoms with E-state index in [1.54, 1.807) is 0 Å². The Morgan fingerprint density at radius 1 is 0.898 bits per heavy atom. The van der Waals surface area contributed by atoms with Gasteiger partial charge in [0.15, 0.2) is 11.6 Å². The number of ketones is 4. The van der Waals surface area contributed by atoms with Crippen LogP contribution in [0.3, 0.4) is 0 Å². The van der Waals surface area contributed by atoms with Crippen LogP contribution in [0.25, 0.3) is 0 Å². The summed E-state index contributed by atoms with van der Waals surface area (Å²) in [5.74, 6) is -2.73. The molecular formula is C39H56N4O6. The summed E-state index contributed by atoms with van der Waals surface area (Å²) in [6.07, 6.45) is 15.2. The van der Waals surface area contributed by atoms with Gasteiger partial charge in [0.25, 0.3) is 5.91 Å². The highest BCUT2D eigenvalue weighted by Crippen LogP contribution is 2.50. The Kier molecular flexibility index (Phi) is 12.2. The minimum absolute atomic E-state index is 0.0203. The summed E-state index contributed by atoms with van der Waals surface area (Å²) in [6, 6.07) is -1.09. The van der Waals surface area contributed by atoms with Gasteiger partial charge in [0.2, 0.25) is 11.7 Å². The van der Waals surface area contributed by atoms with Crippen LogP contribution >= 0.6 is 0 Å². The van der Waals surface area contributed by atoms with Crippen molar-refractivity contribution in [3.63, 3.8) is 0 Å². The van der Waals surface area contributed by atoms with E-state index in [-0.39, 0.29) is 65.6 Å². The van der Waals surface area contributed by atoms with Gasteiger partial charge in [-0.1, -0.05) is 53.4 Å². The van der Waals surface area contributed by atoms with Gasteiger partial charge in [0, 0.05) is 55.5 Å². The zero-order valence-electron chi connectivity index (χ0n) is 29.9. The topological polar surface area (TPSA) is 152 Å². The van der Waals surface area contributed by atoms with E-state index < -0.39 is 40.9 Å². The van der Waals surface area contributed by atoms with Crippen molar-refractivity contribution in [2.75, 3.05) is 0 Å². The summed E-state index contributed by atoms with van der Waals surface area (Å²) in [6.45, 7) is 7.80. The van der Waals surface area contributed by atoms with Gasteiger partial charge in [0.05, 0.1) is 12.2 Å². The molecule has 268 valence electrons. The smallest absolute Gasteiger partial charge is 0.272 e. The molecular weight excluding hydrogens is 620 g/mol. The van der Waals surface area contributed by atoms with Gasteiger partial charge >= 0.3 is 0 Å². The number of carbonyl (C=O) groups excluding carboxylic acids is 6. The van der Waals surface area contributed by atoms with Crippen LogP contribution in [0.1, 0.15) is 134 Å². The number of hydrogen-bond acceptors (Lipinski definition) is 8. The van der Waals surface area contributed by atoms with Crippen LogP contribution in [0, 0.1) is 46.8 Å². The van der Waals surface area contributed by atoms with Crippen molar-refractivity contribution >= 4 is 34.9 Å². The predicted octanol–water partition coefficient (Wildman–Crippen LogP) is 5.62. The first kappa shape index (κ1) is 37.0. The number of amides is 2. The van der Waals surface area contributed by atoms with Crippen molar-refractivity contribution in [1.82, 2.24) is 20.6 Å². The molecule has 7 atom stereocenters. The van der Waals surface area contributed by atoms with Gasteiger partial charge in [0.1, 0.15) is 11.5 Å². The lowest BCUT2D eigenvalue weighted by molar-refractivity contribution is -0.141. The van der Waals surface area contributed by atoms with E-state index in [1.807, 2.05) is 27.7 Å². The Bertz CT molecular complexity index is 1380. The quantitative estimate of drug-likeness (QED) is 0.202. The van der Waals surface area contributed by atoms with E-state index in [9.17, 15) is 28.8 Å². The Morgan fingerprint density at radius 3 is 2.24 bits per heavy atom. The zero-order chi connectivity index (χ0) is 35.3. The summed E-state index contributed by atoms with van der Waals surface area (Å²) in [5, 5.41) is 6.22. The lowest BCUT2D eigenvalue weighted by Gasteiger charge is -2.36. The molecule has 49 heavy (non-hydrogen) atoms. The first-order valence-electron chi connectivity index (χ1n) is 18.9. The van der Waals surface area contributed by atoms with Crippen molar-refractivity contribution in [3.8, 4) is 0 Å². The monoisotopic (exact) mass is 676 g/mol. The van der Waals surface area contributed by atoms with E-state index in [0.29, 0.717) is 25.2 Å². The number of carbonyl (C=O) groups is 6. The highest BCUT2D eigenvalue weighted by Gasteiger charge is 2.52. The van der Waals surface area contributed by atoms with Crippen molar-refractivity contribution < 1.29 is 28.8 Å². The lowest BCUT2D eigenvalue weighted by Crippen LogP contribution is -2.52. The normalized spacial score (nSPS) is 25.6. The lowest BCUT2D eigenvalue weighted by atomic mass is 9.73.